The van der Waals surface area contributed by atoms with Gasteiger partial charge in [-0.2, -0.15) is 13.2 Å². The average Bonchev–Trinajstić information content (AvgIpc) is 3.36. The van der Waals surface area contributed by atoms with Crippen LogP contribution in [0.3, 0.4) is 0 Å². The highest BCUT2D eigenvalue weighted by molar-refractivity contribution is 7.13. The number of hydrogen-bond donors (Lipinski definition) is 1. The van der Waals surface area contributed by atoms with Crippen LogP contribution >= 0.6 is 11.3 Å². The summed E-state index contributed by atoms with van der Waals surface area (Å²) < 4.78 is 50.0. The Labute approximate surface area is 187 Å². The number of nitrogens with one attached hydrogen (secondary N) is 1. The van der Waals surface area contributed by atoms with Crippen LogP contribution in [0.15, 0.2) is 46.2 Å². The van der Waals surface area contributed by atoms with E-state index in [4.69, 9.17) is 9.15 Å². The molecular weight excluding hydrogens is 443 g/mol. The van der Waals surface area contributed by atoms with E-state index < -0.39 is 17.6 Å². The number of benzene rings is 1. The smallest absolute Gasteiger partial charge is 0.416 e. The number of ether oxygens (including phenoxy) is 1. The third kappa shape index (κ3) is 5.37. The van der Waals surface area contributed by atoms with Crippen molar-refractivity contribution < 1.29 is 27.1 Å². The molecule has 2 atom stereocenters. The molecule has 1 saturated heterocycles. The van der Waals surface area contributed by atoms with E-state index in [1.807, 2.05) is 19.2 Å². The number of aromatic nitrogens is 1. The first kappa shape index (κ1) is 22.5. The van der Waals surface area contributed by atoms with Crippen molar-refractivity contribution in [1.82, 2.24) is 9.88 Å². The predicted molar refractivity (Wildman–Crippen MR) is 114 cm³/mol. The number of carbonyl (C=O) groups excluding carboxylic acids is 1. The summed E-state index contributed by atoms with van der Waals surface area (Å²) in [4.78, 5) is 19.2. The number of furan rings is 1. The number of rotatable bonds is 5. The van der Waals surface area contributed by atoms with Crippen molar-refractivity contribution in [2.45, 2.75) is 38.8 Å². The van der Waals surface area contributed by atoms with E-state index in [1.54, 1.807) is 0 Å². The number of nitrogens with zero attached hydrogens (tertiary/aromatic N) is 2. The van der Waals surface area contributed by atoms with Gasteiger partial charge in [0.25, 0.3) is 5.91 Å². The number of amides is 1. The van der Waals surface area contributed by atoms with Gasteiger partial charge in [0.1, 0.15) is 5.76 Å². The van der Waals surface area contributed by atoms with E-state index in [1.165, 1.54) is 35.6 Å². The Bertz CT molecular complexity index is 1090. The van der Waals surface area contributed by atoms with E-state index in [0.29, 0.717) is 11.7 Å². The average molecular weight is 465 g/mol. The number of halogens is 3. The van der Waals surface area contributed by atoms with Crippen LogP contribution in [0.4, 0.5) is 18.3 Å². The highest BCUT2D eigenvalue weighted by Crippen LogP contribution is 2.32. The van der Waals surface area contributed by atoms with Gasteiger partial charge < -0.3 is 9.15 Å². The van der Waals surface area contributed by atoms with Gasteiger partial charge in [0.05, 0.1) is 23.5 Å². The number of carbonyl (C=O) groups is 1. The summed E-state index contributed by atoms with van der Waals surface area (Å²) in [6, 6.07) is 7.66. The van der Waals surface area contributed by atoms with Crippen LogP contribution in [0, 0.1) is 0 Å². The Hall–Kier alpha value is -2.69. The standard InChI is InChI=1S/C22H22F3N3O3S/c1-13-9-28(10-14(2)30-13)11-17-12-32-21(26-17)27-20(29)19-7-6-18(31-19)15-4-3-5-16(8-15)22(23,24)25/h3-8,12-14H,9-11H2,1-2H3,(H,26,27,29). The van der Waals surface area contributed by atoms with Crippen molar-refractivity contribution in [2.75, 3.05) is 18.4 Å². The van der Waals surface area contributed by atoms with Gasteiger partial charge in [-0.25, -0.2) is 4.98 Å². The summed E-state index contributed by atoms with van der Waals surface area (Å²) in [6.07, 6.45) is -4.15. The molecule has 1 fully saturated rings. The molecule has 1 aromatic carbocycles. The van der Waals surface area contributed by atoms with Crippen LogP contribution in [0.25, 0.3) is 11.3 Å². The third-order valence-corrected chi connectivity index (χ3v) is 5.76. The van der Waals surface area contributed by atoms with Crippen molar-refractivity contribution in [1.29, 1.82) is 0 Å². The molecule has 2 unspecified atom stereocenters. The van der Waals surface area contributed by atoms with Crippen LogP contribution in [0.1, 0.15) is 35.7 Å². The van der Waals surface area contributed by atoms with E-state index in [9.17, 15) is 18.0 Å². The molecule has 1 aliphatic heterocycles. The zero-order chi connectivity index (χ0) is 22.9. The van der Waals surface area contributed by atoms with Gasteiger partial charge >= 0.3 is 6.18 Å². The minimum atomic E-state index is -4.46. The molecule has 32 heavy (non-hydrogen) atoms. The molecule has 1 N–H and O–H groups in total. The Morgan fingerprint density at radius 3 is 2.69 bits per heavy atom. The zero-order valence-corrected chi connectivity index (χ0v) is 18.3. The number of alkyl halides is 3. The molecule has 2 aromatic heterocycles. The monoisotopic (exact) mass is 465 g/mol. The largest absolute Gasteiger partial charge is 0.451 e. The van der Waals surface area contributed by atoms with Crippen molar-refractivity contribution in [3.63, 3.8) is 0 Å². The minimum Gasteiger partial charge on any atom is -0.451 e. The second kappa shape index (κ2) is 9.05. The lowest BCUT2D eigenvalue weighted by molar-refractivity contribution is -0.137. The third-order valence-electron chi connectivity index (χ3n) is 4.96. The molecule has 170 valence electrons. The van der Waals surface area contributed by atoms with Crippen LogP contribution in [0.2, 0.25) is 0 Å². The molecule has 0 radical (unpaired) electrons. The summed E-state index contributed by atoms with van der Waals surface area (Å²) in [6.45, 7) is 6.35. The number of hydrogen-bond acceptors (Lipinski definition) is 6. The predicted octanol–water partition coefficient (Wildman–Crippen LogP) is 5.28. The molecule has 0 bridgehead atoms. The van der Waals surface area contributed by atoms with Gasteiger partial charge in [-0.05, 0) is 38.1 Å². The molecule has 10 heteroatoms. The lowest BCUT2D eigenvalue weighted by Gasteiger charge is -2.34. The number of anilines is 1. The van der Waals surface area contributed by atoms with Gasteiger partial charge in [-0.3, -0.25) is 15.0 Å². The fourth-order valence-corrected chi connectivity index (χ4v) is 4.40. The molecule has 3 heterocycles. The maximum absolute atomic E-state index is 12.9. The van der Waals surface area contributed by atoms with Crippen molar-refractivity contribution in [3.05, 3.63) is 58.8 Å². The highest BCUT2D eigenvalue weighted by Gasteiger charge is 2.30. The Balaban J connectivity index is 1.40. The molecule has 3 aromatic rings. The van der Waals surface area contributed by atoms with E-state index >= 15 is 0 Å². The lowest BCUT2D eigenvalue weighted by Crippen LogP contribution is -2.44. The van der Waals surface area contributed by atoms with Gasteiger partial charge in [-0.1, -0.05) is 12.1 Å². The van der Waals surface area contributed by atoms with Gasteiger partial charge in [0.15, 0.2) is 10.9 Å². The molecule has 0 aliphatic carbocycles. The summed E-state index contributed by atoms with van der Waals surface area (Å²) in [5.41, 5.74) is 0.303. The normalized spacial score (nSPS) is 19.8. The molecule has 6 nitrogen and oxygen atoms in total. The maximum atomic E-state index is 12.9. The summed E-state index contributed by atoms with van der Waals surface area (Å²) >= 11 is 1.30. The van der Waals surface area contributed by atoms with Gasteiger partial charge in [0, 0.05) is 30.6 Å². The fraction of sp³-hybridized carbons (Fsp3) is 0.364. The van der Waals surface area contributed by atoms with E-state index in [0.717, 1.165) is 30.9 Å². The maximum Gasteiger partial charge on any atom is 0.416 e. The Morgan fingerprint density at radius 2 is 1.97 bits per heavy atom. The fourth-order valence-electron chi connectivity index (χ4n) is 3.70. The first-order chi connectivity index (χ1) is 15.2. The topological polar surface area (TPSA) is 67.6 Å². The molecule has 1 aliphatic rings. The van der Waals surface area contributed by atoms with Crippen LogP contribution in [-0.4, -0.2) is 41.1 Å². The lowest BCUT2D eigenvalue weighted by atomic mass is 10.1. The zero-order valence-electron chi connectivity index (χ0n) is 17.5. The minimum absolute atomic E-state index is 0.00927. The quantitative estimate of drug-likeness (QED) is 0.555. The summed E-state index contributed by atoms with van der Waals surface area (Å²) in [5, 5.41) is 5.00. The molecular formula is C22H22F3N3O3S. The second-order valence-electron chi connectivity index (χ2n) is 7.79. The van der Waals surface area contributed by atoms with Crippen molar-refractivity contribution in [3.8, 4) is 11.3 Å². The first-order valence-electron chi connectivity index (χ1n) is 10.1. The Morgan fingerprint density at radius 1 is 1.22 bits per heavy atom. The van der Waals surface area contributed by atoms with E-state index in [-0.39, 0.29) is 29.3 Å². The Kier molecular flexibility index (Phi) is 6.36. The number of morpholine rings is 1. The summed E-state index contributed by atoms with van der Waals surface area (Å²) in [5.74, 6) is -0.348. The molecule has 0 saturated carbocycles. The van der Waals surface area contributed by atoms with Gasteiger partial charge in [-0.15, -0.1) is 11.3 Å². The highest BCUT2D eigenvalue weighted by atomic mass is 32.1. The number of thiazole rings is 1. The second-order valence-corrected chi connectivity index (χ2v) is 8.65. The SMILES string of the molecule is CC1CN(Cc2csc(NC(=O)c3ccc(-c4cccc(C(F)(F)F)c4)o3)n2)CC(C)O1. The van der Waals surface area contributed by atoms with E-state index in [2.05, 4.69) is 15.2 Å². The van der Waals surface area contributed by atoms with Crippen LogP contribution in [-0.2, 0) is 17.5 Å². The van der Waals surface area contributed by atoms with Gasteiger partial charge in [0.2, 0.25) is 0 Å². The van der Waals surface area contributed by atoms with Crippen molar-refractivity contribution in [2.24, 2.45) is 0 Å². The van der Waals surface area contributed by atoms with Crippen LogP contribution in [0.5, 0.6) is 0 Å². The van der Waals surface area contributed by atoms with Crippen molar-refractivity contribution >= 4 is 22.4 Å². The summed E-state index contributed by atoms with van der Waals surface area (Å²) in [7, 11) is 0. The molecule has 0 spiro atoms. The van der Waals surface area contributed by atoms with Crippen LogP contribution < -0.4 is 5.32 Å². The molecule has 1 amide bonds. The molecule has 4 rings (SSSR count). The first-order valence-corrected chi connectivity index (χ1v) is 11.0.